The van der Waals surface area contributed by atoms with E-state index in [-0.39, 0.29) is 5.91 Å². The average Bonchev–Trinajstić information content (AvgIpc) is 3.20. The van der Waals surface area contributed by atoms with Crippen LogP contribution >= 0.6 is 62.5 Å². The molecule has 9 heteroatoms. The van der Waals surface area contributed by atoms with Crippen LogP contribution in [0, 0.1) is 0 Å². The molecule has 4 aromatic rings. The van der Waals surface area contributed by atoms with Gasteiger partial charge in [-0.15, -0.1) is 0 Å². The zero-order valence-electron chi connectivity index (χ0n) is 18.4. The van der Waals surface area contributed by atoms with Crippen LogP contribution in [0.2, 0.25) is 15.1 Å². The highest BCUT2D eigenvalue weighted by Gasteiger charge is 2.24. The van der Waals surface area contributed by atoms with E-state index in [9.17, 15) is 4.79 Å². The Kier molecular flexibility index (Phi) is 7.60. The van der Waals surface area contributed by atoms with Gasteiger partial charge in [0.1, 0.15) is 6.61 Å². The third-order valence-corrected chi connectivity index (χ3v) is 7.96. The van der Waals surface area contributed by atoms with Crippen molar-refractivity contribution in [1.29, 1.82) is 0 Å². The Morgan fingerprint density at radius 1 is 0.972 bits per heavy atom. The average molecular weight is 619 g/mol. The Morgan fingerprint density at radius 2 is 1.75 bits per heavy atom. The van der Waals surface area contributed by atoms with Crippen LogP contribution in [0.5, 0.6) is 5.75 Å². The largest absolute Gasteiger partial charge is 0.486 e. The van der Waals surface area contributed by atoms with Gasteiger partial charge in [0.2, 0.25) is 0 Å². The molecule has 0 saturated carbocycles. The quantitative estimate of drug-likeness (QED) is 0.227. The molecule has 0 spiro atoms. The molecule has 0 aliphatic carbocycles. The predicted molar refractivity (Wildman–Crippen MR) is 155 cm³/mol. The van der Waals surface area contributed by atoms with Gasteiger partial charge in [0, 0.05) is 0 Å². The Bertz CT molecular complexity index is 1540. The minimum Gasteiger partial charge on any atom is -0.486 e. The van der Waals surface area contributed by atoms with Crippen LogP contribution in [0.4, 0.5) is 5.69 Å². The first-order chi connectivity index (χ1) is 17.4. The Morgan fingerprint density at radius 3 is 2.58 bits per heavy atom. The number of halogens is 4. The van der Waals surface area contributed by atoms with Gasteiger partial charge in [0.15, 0.2) is 10.9 Å². The zero-order valence-corrected chi connectivity index (χ0v) is 23.1. The highest BCUT2D eigenvalue weighted by Crippen LogP contribution is 2.38. The number of amidine groups is 1. The molecule has 4 nitrogen and oxygen atoms in total. The highest BCUT2D eigenvalue weighted by atomic mass is 79.9. The molecule has 1 fully saturated rings. The maximum Gasteiger partial charge on any atom is 0.264 e. The van der Waals surface area contributed by atoms with Crippen molar-refractivity contribution >= 4 is 96.1 Å². The summed E-state index contributed by atoms with van der Waals surface area (Å²) in [6.45, 7) is 0.365. The van der Waals surface area contributed by atoms with Crippen molar-refractivity contribution in [2.75, 3.05) is 0 Å². The van der Waals surface area contributed by atoms with Crippen LogP contribution in [0.15, 0.2) is 87.2 Å². The van der Waals surface area contributed by atoms with E-state index in [2.05, 4.69) is 44.4 Å². The summed E-state index contributed by atoms with van der Waals surface area (Å²) < 4.78 is 6.77. The molecule has 1 aliphatic heterocycles. The molecule has 1 heterocycles. The summed E-state index contributed by atoms with van der Waals surface area (Å²) in [5.74, 6) is 0.272. The van der Waals surface area contributed by atoms with E-state index in [0.717, 1.165) is 21.9 Å². The number of nitrogens with one attached hydrogen (secondary N) is 1. The van der Waals surface area contributed by atoms with E-state index in [1.807, 2.05) is 30.3 Å². The highest BCUT2D eigenvalue weighted by molar-refractivity contribution is 9.10. The number of ether oxygens (including phenoxy) is 1. The normalized spacial score (nSPS) is 15.6. The third kappa shape index (κ3) is 5.43. The Labute approximate surface area is 235 Å². The smallest absolute Gasteiger partial charge is 0.264 e. The fourth-order valence-corrected chi connectivity index (χ4v) is 5.85. The SMILES string of the molecule is O=C1NC(=Nc2cccc(Cl)c2Cl)S/C1=C\c1cc(Cl)c(OCc2cccc3ccccc23)c(Br)c1. The van der Waals surface area contributed by atoms with Gasteiger partial charge in [-0.05, 0) is 79.9 Å². The number of thioether (sulfide) groups is 1. The second-order valence-corrected chi connectivity index (χ2v) is 10.9. The maximum absolute atomic E-state index is 12.5. The number of amides is 1. The summed E-state index contributed by atoms with van der Waals surface area (Å²) in [5.41, 5.74) is 2.28. The van der Waals surface area contributed by atoms with Crippen LogP contribution in [-0.2, 0) is 11.4 Å². The molecule has 0 unspecified atom stereocenters. The number of hydrogen-bond donors (Lipinski definition) is 1. The zero-order chi connectivity index (χ0) is 25.2. The first kappa shape index (κ1) is 25.2. The molecule has 180 valence electrons. The van der Waals surface area contributed by atoms with Crippen LogP contribution in [0.3, 0.4) is 0 Å². The summed E-state index contributed by atoms with van der Waals surface area (Å²) in [6, 6.07) is 23.0. The minimum absolute atomic E-state index is 0.263. The predicted octanol–water partition coefficient (Wildman–Crippen LogP) is 9.03. The van der Waals surface area contributed by atoms with Gasteiger partial charge < -0.3 is 10.1 Å². The monoisotopic (exact) mass is 616 g/mol. The minimum atomic E-state index is -0.263. The molecular formula is C27H16BrCl3N2O2S. The molecule has 1 aliphatic rings. The Balaban J connectivity index is 1.35. The molecule has 0 bridgehead atoms. The van der Waals surface area contributed by atoms with Crippen LogP contribution < -0.4 is 10.1 Å². The van der Waals surface area contributed by atoms with Crippen molar-refractivity contribution in [3.63, 3.8) is 0 Å². The fourth-order valence-electron chi connectivity index (χ4n) is 3.69. The molecule has 36 heavy (non-hydrogen) atoms. The topological polar surface area (TPSA) is 50.7 Å². The summed E-state index contributed by atoms with van der Waals surface area (Å²) in [7, 11) is 0. The number of hydrogen-bond acceptors (Lipinski definition) is 4. The van der Waals surface area contributed by atoms with Gasteiger partial charge in [0.05, 0.1) is 30.1 Å². The number of nitrogens with zero attached hydrogens (tertiary/aromatic N) is 1. The fraction of sp³-hybridized carbons (Fsp3) is 0.0370. The van der Waals surface area contributed by atoms with Gasteiger partial charge in [-0.2, -0.15) is 0 Å². The van der Waals surface area contributed by atoms with Crippen molar-refractivity contribution < 1.29 is 9.53 Å². The first-order valence-electron chi connectivity index (χ1n) is 10.7. The van der Waals surface area contributed by atoms with E-state index in [1.165, 1.54) is 11.8 Å². The third-order valence-electron chi connectivity index (χ3n) is 5.37. The lowest BCUT2D eigenvalue weighted by atomic mass is 10.1. The van der Waals surface area contributed by atoms with E-state index in [4.69, 9.17) is 39.5 Å². The van der Waals surface area contributed by atoms with Gasteiger partial charge in [0.25, 0.3) is 5.91 Å². The van der Waals surface area contributed by atoms with Crippen molar-refractivity contribution in [3.05, 3.63) is 108 Å². The second-order valence-electron chi connectivity index (χ2n) is 7.80. The van der Waals surface area contributed by atoms with Gasteiger partial charge >= 0.3 is 0 Å². The lowest BCUT2D eigenvalue weighted by molar-refractivity contribution is -0.115. The number of fused-ring (bicyclic) bond motifs is 1. The molecule has 1 amide bonds. The van der Waals surface area contributed by atoms with Crippen LogP contribution in [0.1, 0.15) is 11.1 Å². The number of aliphatic imine (C=N–C) groups is 1. The van der Waals surface area contributed by atoms with Crippen LogP contribution in [-0.4, -0.2) is 11.1 Å². The summed E-state index contributed by atoms with van der Waals surface area (Å²) >= 11 is 23.6. The first-order valence-corrected chi connectivity index (χ1v) is 13.5. The number of carbonyl (C=O) groups is 1. The maximum atomic E-state index is 12.5. The lowest BCUT2D eigenvalue weighted by Crippen LogP contribution is -2.19. The summed E-state index contributed by atoms with van der Waals surface area (Å²) in [6.07, 6.45) is 1.74. The molecule has 0 atom stereocenters. The van der Waals surface area contributed by atoms with Crippen molar-refractivity contribution in [2.45, 2.75) is 6.61 Å². The van der Waals surface area contributed by atoms with Crippen molar-refractivity contribution in [1.82, 2.24) is 5.32 Å². The molecule has 1 saturated heterocycles. The Hall–Kier alpha value is -2.48. The van der Waals surface area contributed by atoms with E-state index in [0.29, 0.717) is 47.7 Å². The summed E-state index contributed by atoms with van der Waals surface area (Å²) in [4.78, 5) is 17.4. The lowest BCUT2D eigenvalue weighted by Gasteiger charge is -2.13. The van der Waals surface area contributed by atoms with Gasteiger partial charge in [-0.3, -0.25) is 4.79 Å². The van der Waals surface area contributed by atoms with Crippen molar-refractivity contribution in [2.24, 2.45) is 4.99 Å². The standard InChI is InChI=1S/C27H16BrCl3N2O2S/c28-19-11-15(13-23-26(34)33-27(36-23)32-22-10-4-9-20(29)24(22)31)12-21(30)25(19)35-14-17-7-3-6-16-5-1-2-8-18(16)17/h1-13H,14H2,(H,32,33,34)/b23-13-. The van der Waals surface area contributed by atoms with E-state index < -0.39 is 0 Å². The molecular weight excluding hydrogens is 603 g/mol. The van der Waals surface area contributed by atoms with Gasteiger partial charge in [-0.25, -0.2) is 4.99 Å². The number of benzene rings is 4. The number of rotatable bonds is 5. The molecule has 0 radical (unpaired) electrons. The molecule has 4 aromatic carbocycles. The molecule has 0 aromatic heterocycles. The van der Waals surface area contributed by atoms with E-state index in [1.54, 1.807) is 30.3 Å². The van der Waals surface area contributed by atoms with E-state index >= 15 is 0 Å². The van der Waals surface area contributed by atoms with Gasteiger partial charge in [-0.1, -0.05) is 83.3 Å². The molecule has 1 N–H and O–H groups in total. The second kappa shape index (κ2) is 10.9. The summed E-state index contributed by atoms with van der Waals surface area (Å²) in [5, 5.41) is 6.60. The number of carbonyl (C=O) groups excluding carboxylic acids is 1. The molecule has 5 rings (SSSR count). The van der Waals surface area contributed by atoms with Crippen molar-refractivity contribution in [3.8, 4) is 5.75 Å². The van der Waals surface area contributed by atoms with Crippen LogP contribution in [0.25, 0.3) is 16.8 Å².